The Labute approximate surface area is 203 Å². The van der Waals surface area contributed by atoms with Crippen LogP contribution in [0.1, 0.15) is 42.3 Å². The smallest absolute Gasteiger partial charge is 0.421 e. The van der Waals surface area contributed by atoms with Crippen molar-refractivity contribution in [1.82, 2.24) is 0 Å². The van der Waals surface area contributed by atoms with Gasteiger partial charge in [-0.1, -0.05) is 78.3 Å². The van der Waals surface area contributed by atoms with E-state index in [2.05, 4.69) is 0 Å². The molecule has 0 aromatic heterocycles. The first-order valence-corrected chi connectivity index (χ1v) is 11.2. The van der Waals surface area contributed by atoms with Crippen molar-refractivity contribution < 1.29 is 19.1 Å². The molecule has 0 bridgehead atoms. The molecule has 34 heavy (non-hydrogen) atoms. The summed E-state index contributed by atoms with van der Waals surface area (Å²) < 4.78 is 5.55. The van der Waals surface area contributed by atoms with Gasteiger partial charge in [0, 0.05) is 16.1 Å². The maximum absolute atomic E-state index is 14.1. The Balaban J connectivity index is 1.92. The molecule has 1 aliphatic heterocycles. The SMILES string of the molecule is CC(C)(C)OC(=O)N1C(=O)[C@@](/C=C\C(=O)c2ccccc2)(c2ccccc2)c2cc(Cl)ccc21. The number of allylic oxidation sites excluding steroid dienone is 1. The first kappa shape index (κ1) is 23.5. The number of hydrogen-bond donors (Lipinski definition) is 0. The molecule has 4 rings (SSSR count). The van der Waals surface area contributed by atoms with Crippen molar-refractivity contribution >= 4 is 35.1 Å². The number of amides is 2. The highest BCUT2D eigenvalue weighted by atomic mass is 35.5. The summed E-state index contributed by atoms with van der Waals surface area (Å²) in [4.78, 5) is 41.2. The molecule has 1 atom stereocenters. The van der Waals surface area contributed by atoms with E-state index in [0.717, 1.165) is 4.90 Å². The number of anilines is 1. The average molecular weight is 474 g/mol. The third kappa shape index (κ3) is 4.27. The van der Waals surface area contributed by atoms with Gasteiger partial charge in [-0.3, -0.25) is 9.59 Å². The summed E-state index contributed by atoms with van der Waals surface area (Å²) in [6.07, 6.45) is 2.14. The van der Waals surface area contributed by atoms with Crippen LogP contribution < -0.4 is 4.90 Å². The van der Waals surface area contributed by atoms with Crippen molar-refractivity contribution in [2.75, 3.05) is 4.90 Å². The summed E-state index contributed by atoms with van der Waals surface area (Å²) in [7, 11) is 0. The zero-order chi connectivity index (χ0) is 24.5. The first-order valence-electron chi connectivity index (χ1n) is 10.9. The Kier molecular flexibility index (Phi) is 6.15. The molecule has 0 aliphatic carbocycles. The van der Waals surface area contributed by atoms with Crippen molar-refractivity contribution in [2.24, 2.45) is 0 Å². The Morgan fingerprint density at radius 2 is 1.56 bits per heavy atom. The minimum absolute atomic E-state index is 0.261. The predicted octanol–water partition coefficient (Wildman–Crippen LogP) is 6.35. The number of imide groups is 1. The Morgan fingerprint density at radius 1 is 0.941 bits per heavy atom. The number of carbonyl (C=O) groups excluding carboxylic acids is 3. The number of ether oxygens (including phenoxy) is 1. The third-order valence-corrected chi connectivity index (χ3v) is 5.75. The molecule has 2 amide bonds. The highest BCUT2D eigenvalue weighted by Crippen LogP contribution is 2.48. The molecule has 5 nitrogen and oxygen atoms in total. The molecule has 6 heteroatoms. The van der Waals surface area contributed by atoms with E-state index >= 15 is 0 Å². The number of carbonyl (C=O) groups is 3. The molecule has 3 aromatic rings. The monoisotopic (exact) mass is 473 g/mol. The van der Waals surface area contributed by atoms with Gasteiger partial charge in [-0.2, -0.15) is 0 Å². The second-order valence-corrected chi connectivity index (χ2v) is 9.46. The van der Waals surface area contributed by atoms with Crippen molar-refractivity contribution in [3.8, 4) is 0 Å². The lowest BCUT2D eigenvalue weighted by Crippen LogP contribution is -2.45. The van der Waals surface area contributed by atoms with E-state index in [-0.39, 0.29) is 5.78 Å². The lowest BCUT2D eigenvalue weighted by Gasteiger charge is -2.27. The number of ketones is 1. The van der Waals surface area contributed by atoms with Gasteiger partial charge in [0.25, 0.3) is 5.91 Å². The Bertz CT molecular complexity index is 1280. The number of rotatable bonds is 4. The normalized spacial score (nSPS) is 17.6. The first-order chi connectivity index (χ1) is 16.1. The zero-order valence-corrected chi connectivity index (χ0v) is 19.9. The van der Waals surface area contributed by atoms with Crippen molar-refractivity contribution in [1.29, 1.82) is 0 Å². The molecule has 0 unspecified atom stereocenters. The van der Waals surface area contributed by atoms with Crippen LogP contribution in [0.5, 0.6) is 0 Å². The van der Waals surface area contributed by atoms with Gasteiger partial charge in [-0.25, -0.2) is 9.69 Å². The summed E-state index contributed by atoms with van der Waals surface area (Å²) >= 11 is 6.34. The number of fused-ring (bicyclic) bond motifs is 1. The van der Waals surface area contributed by atoms with E-state index in [1.165, 1.54) is 6.08 Å². The van der Waals surface area contributed by atoms with Crippen molar-refractivity contribution in [2.45, 2.75) is 31.8 Å². The molecule has 0 saturated heterocycles. The van der Waals surface area contributed by atoms with E-state index in [0.29, 0.717) is 27.4 Å². The number of benzene rings is 3. The fraction of sp³-hybridized carbons (Fsp3) is 0.179. The molecule has 1 aliphatic rings. The highest BCUT2D eigenvalue weighted by Gasteiger charge is 2.53. The second-order valence-electron chi connectivity index (χ2n) is 9.02. The van der Waals surface area contributed by atoms with Gasteiger partial charge in [-0.15, -0.1) is 0 Å². The van der Waals surface area contributed by atoms with Gasteiger partial charge >= 0.3 is 6.09 Å². The average Bonchev–Trinajstić information content (AvgIpc) is 3.05. The van der Waals surface area contributed by atoms with Gasteiger partial charge in [0.2, 0.25) is 0 Å². The Hall–Kier alpha value is -3.70. The van der Waals surface area contributed by atoms with E-state index in [4.69, 9.17) is 16.3 Å². The van der Waals surface area contributed by atoms with E-state index in [1.807, 2.05) is 12.1 Å². The highest BCUT2D eigenvalue weighted by molar-refractivity contribution is 6.31. The summed E-state index contributed by atoms with van der Waals surface area (Å²) in [5.74, 6) is -0.801. The molecular weight excluding hydrogens is 450 g/mol. The summed E-state index contributed by atoms with van der Waals surface area (Å²) in [5.41, 5.74) is -0.290. The van der Waals surface area contributed by atoms with Crippen molar-refractivity contribution in [3.63, 3.8) is 0 Å². The fourth-order valence-corrected chi connectivity index (χ4v) is 4.22. The quantitative estimate of drug-likeness (QED) is 0.327. The lowest BCUT2D eigenvalue weighted by atomic mass is 9.75. The van der Waals surface area contributed by atoms with Crippen LogP contribution in [-0.2, 0) is 14.9 Å². The Morgan fingerprint density at radius 3 is 2.18 bits per heavy atom. The standard InChI is InChI=1S/C28H24ClNO4/c1-27(2,3)34-26(33)30-23-15-14-21(29)18-22(23)28(25(30)32,20-12-8-5-9-13-20)17-16-24(31)19-10-6-4-7-11-19/h4-18H,1-3H3/b17-16-/t28-/m0/s1. The largest absolute Gasteiger partial charge is 0.443 e. The van der Waals surface area contributed by atoms with Gasteiger partial charge in [0.15, 0.2) is 5.78 Å². The van der Waals surface area contributed by atoms with Crippen LogP contribution >= 0.6 is 11.6 Å². The molecule has 3 aromatic carbocycles. The lowest BCUT2D eigenvalue weighted by molar-refractivity contribution is -0.120. The van der Waals surface area contributed by atoms with Crippen LogP contribution in [-0.4, -0.2) is 23.4 Å². The van der Waals surface area contributed by atoms with Gasteiger partial charge in [0.05, 0.1) is 5.69 Å². The van der Waals surface area contributed by atoms with Crippen LogP contribution in [0.3, 0.4) is 0 Å². The number of nitrogens with zero attached hydrogens (tertiary/aromatic N) is 1. The molecule has 0 N–H and O–H groups in total. The van der Waals surface area contributed by atoms with E-state index < -0.39 is 23.0 Å². The topological polar surface area (TPSA) is 63.7 Å². The van der Waals surface area contributed by atoms with Crippen LogP contribution in [0.15, 0.2) is 91.0 Å². The van der Waals surface area contributed by atoms with Gasteiger partial charge < -0.3 is 4.74 Å². The maximum Gasteiger partial charge on any atom is 0.421 e. The van der Waals surface area contributed by atoms with Crippen LogP contribution in [0.25, 0.3) is 0 Å². The van der Waals surface area contributed by atoms with Gasteiger partial charge in [0.1, 0.15) is 11.0 Å². The van der Waals surface area contributed by atoms with Crippen LogP contribution in [0, 0.1) is 0 Å². The number of halogens is 1. The molecule has 172 valence electrons. The zero-order valence-electron chi connectivity index (χ0n) is 19.1. The predicted molar refractivity (Wildman–Crippen MR) is 132 cm³/mol. The van der Waals surface area contributed by atoms with E-state index in [9.17, 15) is 14.4 Å². The minimum Gasteiger partial charge on any atom is -0.443 e. The van der Waals surface area contributed by atoms with E-state index in [1.54, 1.807) is 93.6 Å². The van der Waals surface area contributed by atoms with Gasteiger partial charge in [-0.05, 0) is 50.6 Å². The summed E-state index contributed by atoms with van der Waals surface area (Å²) in [6, 6.07) is 22.7. The molecule has 0 radical (unpaired) electrons. The van der Waals surface area contributed by atoms with Crippen molar-refractivity contribution in [3.05, 3.63) is 113 Å². The molecule has 0 spiro atoms. The maximum atomic E-state index is 14.1. The molecular formula is C28H24ClNO4. The number of hydrogen-bond acceptors (Lipinski definition) is 4. The molecule has 0 fully saturated rings. The van der Waals surface area contributed by atoms with Crippen LogP contribution in [0.2, 0.25) is 5.02 Å². The molecule has 1 heterocycles. The van der Waals surface area contributed by atoms with Crippen LogP contribution in [0.4, 0.5) is 10.5 Å². The molecule has 0 saturated carbocycles. The fourth-order valence-electron chi connectivity index (χ4n) is 4.05. The summed E-state index contributed by atoms with van der Waals surface area (Å²) in [5, 5.41) is 0.403. The second kappa shape index (κ2) is 8.92. The summed E-state index contributed by atoms with van der Waals surface area (Å²) in [6.45, 7) is 5.20. The third-order valence-electron chi connectivity index (χ3n) is 5.51. The minimum atomic E-state index is -1.44.